The molecule has 20 heavy (non-hydrogen) atoms. The third-order valence-electron chi connectivity index (χ3n) is 4.38. The van der Waals surface area contributed by atoms with Gasteiger partial charge < -0.3 is 15.4 Å². The molecule has 0 atom stereocenters. The predicted molar refractivity (Wildman–Crippen MR) is 79.7 cm³/mol. The van der Waals surface area contributed by atoms with Crippen molar-refractivity contribution in [3.05, 3.63) is 0 Å². The molecule has 0 bridgehead atoms. The molecule has 2 saturated heterocycles. The maximum absolute atomic E-state index is 12.1. The third-order valence-corrected chi connectivity index (χ3v) is 4.38. The van der Waals surface area contributed by atoms with Gasteiger partial charge in [0.1, 0.15) is 0 Å². The molecule has 5 nitrogen and oxygen atoms in total. The standard InChI is InChI=1S/C15H29N3O2/c1-2-18(11-13-3-7-16-8-4-13)12-15(19)17-14-5-9-20-10-6-14/h13-14,16H,2-12H2,1H3,(H,17,19). The Morgan fingerprint density at radius 1 is 1.25 bits per heavy atom. The largest absolute Gasteiger partial charge is 0.381 e. The molecule has 2 N–H and O–H groups in total. The number of nitrogens with one attached hydrogen (secondary N) is 2. The fraction of sp³-hybridized carbons (Fsp3) is 0.933. The van der Waals surface area contributed by atoms with Gasteiger partial charge in [-0.1, -0.05) is 6.92 Å². The third kappa shape index (κ3) is 5.38. The van der Waals surface area contributed by atoms with Crippen molar-refractivity contribution in [3.63, 3.8) is 0 Å². The molecule has 5 heteroatoms. The lowest BCUT2D eigenvalue weighted by Crippen LogP contribution is -2.45. The average molecular weight is 283 g/mol. The fourth-order valence-electron chi connectivity index (χ4n) is 3.05. The van der Waals surface area contributed by atoms with Crippen molar-refractivity contribution in [3.8, 4) is 0 Å². The molecule has 116 valence electrons. The van der Waals surface area contributed by atoms with Crippen LogP contribution in [0.1, 0.15) is 32.6 Å². The first-order valence-corrected chi connectivity index (χ1v) is 8.08. The highest BCUT2D eigenvalue weighted by Gasteiger charge is 2.20. The Bertz CT molecular complexity index is 287. The van der Waals surface area contributed by atoms with Gasteiger partial charge in [-0.15, -0.1) is 0 Å². The number of carbonyl (C=O) groups is 1. The summed E-state index contributed by atoms with van der Waals surface area (Å²) in [4.78, 5) is 14.4. The Balaban J connectivity index is 1.69. The molecule has 0 aliphatic carbocycles. The van der Waals surface area contributed by atoms with Crippen molar-refractivity contribution in [2.24, 2.45) is 5.92 Å². The number of likely N-dealkylation sites (N-methyl/N-ethyl adjacent to an activating group) is 1. The maximum atomic E-state index is 12.1. The van der Waals surface area contributed by atoms with Gasteiger partial charge in [0.05, 0.1) is 6.54 Å². The van der Waals surface area contributed by atoms with Gasteiger partial charge in [-0.3, -0.25) is 9.69 Å². The van der Waals surface area contributed by atoms with E-state index in [4.69, 9.17) is 4.74 Å². The molecule has 2 fully saturated rings. The normalized spacial score (nSPS) is 22.1. The lowest BCUT2D eigenvalue weighted by molar-refractivity contribution is -0.123. The second-order valence-electron chi connectivity index (χ2n) is 5.98. The van der Waals surface area contributed by atoms with E-state index in [0.717, 1.165) is 58.2 Å². The predicted octanol–water partition coefficient (Wildman–Crippen LogP) is 0.603. The smallest absolute Gasteiger partial charge is 0.234 e. The molecule has 1 amide bonds. The number of nitrogens with zero attached hydrogens (tertiary/aromatic N) is 1. The zero-order valence-electron chi connectivity index (χ0n) is 12.7. The summed E-state index contributed by atoms with van der Waals surface area (Å²) < 4.78 is 5.32. The van der Waals surface area contributed by atoms with Crippen LogP contribution < -0.4 is 10.6 Å². The maximum Gasteiger partial charge on any atom is 0.234 e. The Hall–Kier alpha value is -0.650. The molecule has 0 aromatic carbocycles. The van der Waals surface area contributed by atoms with E-state index >= 15 is 0 Å². The molecule has 0 aromatic rings. The van der Waals surface area contributed by atoms with Crippen LogP contribution in [0.25, 0.3) is 0 Å². The van der Waals surface area contributed by atoms with E-state index < -0.39 is 0 Å². The Labute approximate surface area is 122 Å². The first kappa shape index (κ1) is 15.7. The monoisotopic (exact) mass is 283 g/mol. The highest BCUT2D eigenvalue weighted by Crippen LogP contribution is 2.13. The van der Waals surface area contributed by atoms with E-state index in [-0.39, 0.29) is 5.91 Å². The topological polar surface area (TPSA) is 53.6 Å². The minimum Gasteiger partial charge on any atom is -0.381 e. The van der Waals surface area contributed by atoms with Crippen molar-refractivity contribution < 1.29 is 9.53 Å². The van der Waals surface area contributed by atoms with Gasteiger partial charge in [0.2, 0.25) is 5.91 Å². The molecule has 0 spiro atoms. The number of piperidine rings is 1. The summed E-state index contributed by atoms with van der Waals surface area (Å²) in [7, 11) is 0. The fourth-order valence-corrected chi connectivity index (χ4v) is 3.05. The van der Waals surface area contributed by atoms with Gasteiger partial charge in [0.25, 0.3) is 0 Å². The summed E-state index contributed by atoms with van der Waals surface area (Å²) >= 11 is 0. The zero-order valence-corrected chi connectivity index (χ0v) is 12.7. The van der Waals surface area contributed by atoms with Gasteiger partial charge in [0, 0.05) is 25.8 Å². The van der Waals surface area contributed by atoms with Crippen LogP contribution in [0, 0.1) is 5.92 Å². The van der Waals surface area contributed by atoms with Crippen molar-refractivity contribution in [1.29, 1.82) is 0 Å². The molecule has 0 aromatic heterocycles. The van der Waals surface area contributed by atoms with E-state index in [9.17, 15) is 4.79 Å². The summed E-state index contributed by atoms with van der Waals surface area (Å²) in [6.07, 6.45) is 4.37. The van der Waals surface area contributed by atoms with Crippen LogP contribution in [0.15, 0.2) is 0 Å². The molecular weight excluding hydrogens is 254 g/mol. The molecule has 2 aliphatic rings. The first-order valence-electron chi connectivity index (χ1n) is 8.08. The Morgan fingerprint density at radius 2 is 1.95 bits per heavy atom. The Morgan fingerprint density at radius 3 is 2.60 bits per heavy atom. The molecule has 2 heterocycles. The van der Waals surface area contributed by atoms with Crippen molar-refractivity contribution >= 4 is 5.91 Å². The van der Waals surface area contributed by atoms with Gasteiger partial charge >= 0.3 is 0 Å². The van der Waals surface area contributed by atoms with E-state index in [1.807, 2.05) is 0 Å². The summed E-state index contributed by atoms with van der Waals surface area (Å²) in [6, 6.07) is 0.314. The molecule has 0 radical (unpaired) electrons. The number of carbonyl (C=O) groups excluding carboxylic acids is 1. The lowest BCUT2D eigenvalue weighted by Gasteiger charge is -2.30. The summed E-state index contributed by atoms with van der Waals surface area (Å²) in [5, 5.41) is 6.54. The highest BCUT2D eigenvalue weighted by molar-refractivity contribution is 5.78. The number of rotatable bonds is 6. The van der Waals surface area contributed by atoms with Crippen LogP contribution in [0.5, 0.6) is 0 Å². The van der Waals surface area contributed by atoms with Gasteiger partial charge in [-0.2, -0.15) is 0 Å². The minimum absolute atomic E-state index is 0.174. The van der Waals surface area contributed by atoms with Crippen molar-refractivity contribution in [2.75, 3.05) is 45.9 Å². The number of hydrogen-bond acceptors (Lipinski definition) is 4. The SMILES string of the molecule is CCN(CC(=O)NC1CCOCC1)CC1CCNCC1. The number of amides is 1. The number of hydrogen-bond donors (Lipinski definition) is 2. The van der Waals surface area contributed by atoms with Crippen LogP contribution in [-0.2, 0) is 9.53 Å². The van der Waals surface area contributed by atoms with Crippen LogP contribution in [-0.4, -0.2) is 62.8 Å². The van der Waals surface area contributed by atoms with E-state index in [1.54, 1.807) is 0 Å². The van der Waals surface area contributed by atoms with Gasteiger partial charge in [-0.25, -0.2) is 0 Å². The lowest BCUT2D eigenvalue weighted by atomic mass is 9.97. The molecule has 0 unspecified atom stereocenters. The van der Waals surface area contributed by atoms with Crippen LogP contribution in [0.2, 0.25) is 0 Å². The van der Waals surface area contributed by atoms with Crippen LogP contribution >= 0.6 is 0 Å². The minimum atomic E-state index is 0.174. The quantitative estimate of drug-likeness (QED) is 0.750. The van der Waals surface area contributed by atoms with Gasteiger partial charge in [-0.05, 0) is 51.2 Å². The molecule has 0 saturated carbocycles. The summed E-state index contributed by atoms with van der Waals surface area (Å²) in [5.41, 5.74) is 0. The number of ether oxygens (including phenoxy) is 1. The molecule has 2 aliphatic heterocycles. The first-order chi connectivity index (χ1) is 9.78. The van der Waals surface area contributed by atoms with E-state index in [2.05, 4.69) is 22.5 Å². The van der Waals surface area contributed by atoms with E-state index in [0.29, 0.717) is 12.6 Å². The second-order valence-corrected chi connectivity index (χ2v) is 5.98. The van der Waals surface area contributed by atoms with Crippen molar-refractivity contribution in [2.45, 2.75) is 38.6 Å². The molecule has 2 rings (SSSR count). The zero-order chi connectivity index (χ0) is 14.2. The van der Waals surface area contributed by atoms with Crippen LogP contribution in [0.4, 0.5) is 0 Å². The average Bonchev–Trinajstić information content (AvgIpc) is 2.48. The Kier molecular flexibility index (Phi) is 6.76. The van der Waals surface area contributed by atoms with E-state index in [1.165, 1.54) is 12.8 Å². The van der Waals surface area contributed by atoms with Gasteiger partial charge in [0.15, 0.2) is 0 Å². The highest BCUT2D eigenvalue weighted by atomic mass is 16.5. The summed E-state index contributed by atoms with van der Waals surface area (Å²) in [5.74, 6) is 0.916. The van der Waals surface area contributed by atoms with Crippen LogP contribution in [0.3, 0.4) is 0 Å². The molecular formula is C15H29N3O2. The summed E-state index contributed by atoms with van der Waals surface area (Å²) in [6.45, 7) is 8.48. The van der Waals surface area contributed by atoms with Crippen molar-refractivity contribution in [1.82, 2.24) is 15.5 Å². The second kappa shape index (κ2) is 8.60.